The summed E-state index contributed by atoms with van der Waals surface area (Å²) in [5.41, 5.74) is 6.60. The van der Waals surface area contributed by atoms with E-state index in [0.29, 0.717) is 37.5 Å². The monoisotopic (exact) mass is 523 g/mol. The lowest BCUT2D eigenvalue weighted by Gasteiger charge is -2.27. The number of rotatable bonds is 16. The fourth-order valence-electron chi connectivity index (χ4n) is 3.10. The van der Waals surface area contributed by atoms with Crippen molar-refractivity contribution in [3.63, 3.8) is 0 Å². The van der Waals surface area contributed by atoms with Crippen molar-refractivity contribution in [1.82, 2.24) is 10.0 Å². The van der Waals surface area contributed by atoms with Gasteiger partial charge in [-0.15, -0.1) is 12.4 Å². The van der Waals surface area contributed by atoms with E-state index >= 15 is 0 Å². The molecule has 1 amide bonds. The number of methoxy groups -OCH3 is 1. The Hall–Kier alpha value is -1.43. The Kier molecular flexibility index (Phi) is 15.6. The summed E-state index contributed by atoms with van der Waals surface area (Å²) in [6, 6.07) is 6.42. The molecular formula is C23H42ClN3O6S. The highest BCUT2D eigenvalue weighted by molar-refractivity contribution is 7.90. The van der Waals surface area contributed by atoms with E-state index in [1.165, 1.54) is 0 Å². The van der Waals surface area contributed by atoms with Gasteiger partial charge in [-0.3, -0.25) is 4.79 Å². The molecule has 0 spiro atoms. The average Bonchev–Trinajstić information content (AvgIpc) is 2.77. The van der Waals surface area contributed by atoms with Crippen molar-refractivity contribution in [2.24, 2.45) is 17.6 Å². The smallest absolute Gasteiger partial charge is 0.255 e. The summed E-state index contributed by atoms with van der Waals surface area (Å²) in [6.45, 7) is 8.41. The van der Waals surface area contributed by atoms with Crippen molar-refractivity contribution in [3.05, 3.63) is 29.8 Å². The summed E-state index contributed by atoms with van der Waals surface area (Å²) in [5, 5.41) is 12.7. The van der Waals surface area contributed by atoms with Crippen LogP contribution in [0.5, 0.6) is 5.75 Å². The number of amides is 1. The number of benzene rings is 1. The van der Waals surface area contributed by atoms with E-state index in [1.54, 1.807) is 39.2 Å². The van der Waals surface area contributed by atoms with Crippen LogP contribution >= 0.6 is 12.4 Å². The van der Waals surface area contributed by atoms with Gasteiger partial charge in [0, 0.05) is 39.3 Å². The van der Waals surface area contributed by atoms with E-state index in [2.05, 4.69) is 10.0 Å². The van der Waals surface area contributed by atoms with Crippen LogP contribution in [0.15, 0.2) is 24.3 Å². The van der Waals surface area contributed by atoms with Crippen LogP contribution in [-0.4, -0.2) is 70.2 Å². The number of nitrogens with one attached hydrogen (secondary N) is 2. The number of nitrogens with two attached hydrogens (primary N) is 1. The lowest BCUT2D eigenvalue weighted by atomic mass is 9.87. The third kappa shape index (κ3) is 11.3. The number of aliphatic hydroxyl groups excluding tert-OH is 1. The summed E-state index contributed by atoms with van der Waals surface area (Å²) >= 11 is 0. The van der Waals surface area contributed by atoms with E-state index in [4.69, 9.17) is 15.2 Å². The van der Waals surface area contributed by atoms with Crippen LogP contribution in [0.1, 0.15) is 50.9 Å². The zero-order valence-corrected chi connectivity index (χ0v) is 22.5. The molecule has 0 bridgehead atoms. The van der Waals surface area contributed by atoms with Gasteiger partial charge in [0.25, 0.3) is 5.91 Å². The number of hydrogen-bond donors (Lipinski definition) is 4. The first-order valence-corrected chi connectivity index (χ1v) is 12.9. The molecule has 0 saturated carbocycles. The van der Waals surface area contributed by atoms with Crippen LogP contribution < -0.4 is 20.5 Å². The molecule has 0 fully saturated rings. The quantitative estimate of drug-likeness (QED) is 0.243. The maximum absolute atomic E-state index is 12.8. The van der Waals surface area contributed by atoms with E-state index in [9.17, 15) is 18.3 Å². The average molecular weight is 524 g/mol. The van der Waals surface area contributed by atoms with Gasteiger partial charge in [0.2, 0.25) is 10.0 Å². The first kappa shape index (κ1) is 32.6. The van der Waals surface area contributed by atoms with Crippen LogP contribution in [0.2, 0.25) is 0 Å². The molecule has 0 saturated heterocycles. The summed E-state index contributed by atoms with van der Waals surface area (Å²) < 4.78 is 36.9. The molecule has 34 heavy (non-hydrogen) atoms. The highest BCUT2D eigenvalue weighted by atomic mass is 35.5. The maximum Gasteiger partial charge on any atom is 0.255 e. The van der Waals surface area contributed by atoms with Crippen LogP contribution in [0.3, 0.4) is 0 Å². The number of carbonyl (C=O) groups is 1. The largest absolute Gasteiger partial charge is 0.493 e. The third-order valence-corrected chi connectivity index (χ3v) is 7.34. The number of para-hydroxylation sites is 1. The van der Waals surface area contributed by atoms with Gasteiger partial charge in [0.15, 0.2) is 0 Å². The van der Waals surface area contributed by atoms with E-state index in [0.717, 1.165) is 6.42 Å². The highest BCUT2D eigenvalue weighted by Gasteiger charge is 2.25. The van der Waals surface area contributed by atoms with Gasteiger partial charge >= 0.3 is 0 Å². The predicted molar refractivity (Wildman–Crippen MR) is 137 cm³/mol. The molecule has 11 heteroatoms. The van der Waals surface area contributed by atoms with Gasteiger partial charge in [-0.2, -0.15) is 0 Å². The highest BCUT2D eigenvalue weighted by Crippen LogP contribution is 2.20. The molecule has 3 unspecified atom stereocenters. The lowest BCUT2D eigenvalue weighted by Crippen LogP contribution is -2.46. The second kappa shape index (κ2) is 16.3. The van der Waals surface area contributed by atoms with Gasteiger partial charge in [0.1, 0.15) is 5.75 Å². The molecule has 1 rings (SSSR count). The molecule has 0 radical (unpaired) electrons. The summed E-state index contributed by atoms with van der Waals surface area (Å²) in [7, 11) is -1.85. The van der Waals surface area contributed by atoms with E-state index in [1.807, 2.05) is 19.9 Å². The molecule has 0 aliphatic carbocycles. The second-order valence-corrected chi connectivity index (χ2v) is 11.1. The van der Waals surface area contributed by atoms with Gasteiger partial charge in [-0.1, -0.05) is 26.0 Å². The van der Waals surface area contributed by atoms with Crippen molar-refractivity contribution in [2.75, 3.05) is 33.4 Å². The number of sulfonamides is 1. The first-order chi connectivity index (χ1) is 15.5. The molecule has 1 aromatic rings. The number of carbonyl (C=O) groups excluding carboxylic acids is 1. The van der Waals surface area contributed by atoms with Crippen molar-refractivity contribution >= 4 is 28.3 Å². The molecule has 3 atom stereocenters. The molecule has 198 valence electrons. The summed E-state index contributed by atoms with van der Waals surface area (Å²) in [6.07, 6.45) is 0.115. The third-order valence-electron chi connectivity index (χ3n) is 5.53. The normalized spacial score (nSPS) is 14.4. The summed E-state index contributed by atoms with van der Waals surface area (Å²) in [4.78, 5) is 12.8. The van der Waals surface area contributed by atoms with Crippen LogP contribution in [0.4, 0.5) is 0 Å². The number of ether oxygens (including phenoxy) is 2. The predicted octanol–water partition coefficient (Wildman–Crippen LogP) is 1.93. The van der Waals surface area contributed by atoms with Gasteiger partial charge in [-0.25, -0.2) is 13.1 Å². The number of aliphatic hydroxyl groups is 1. The molecule has 0 aliphatic rings. The fourth-order valence-corrected chi connectivity index (χ4v) is 3.84. The van der Waals surface area contributed by atoms with Crippen molar-refractivity contribution in [1.29, 1.82) is 0 Å². The Balaban J connectivity index is 0.0000109. The molecule has 9 nitrogen and oxygen atoms in total. The lowest BCUT2D eigenvalue weighted by molar-refractivity contribution is 0.0928. The van der Waals surface area contributed by atoms with E-state index in [-0.39, 0.29) is 36.7 Å². The standard InChI is InChI=1S/C23H41N3O6S.ClH/c1-16(2)18(13-20(24)21(27)15-26-33(29,30)17(3)4)14-25-23(28)19-9-6-7-10-22(19)32-12-8-11-31-5;/h6-7,9-10,16-18,20-21,26-27H,8,11-15,24H2,1-5H3,(H,25,28);1H. The summed E-state index contributed by atoms with van der Waals surface area (Å²) in [5.74, 6) is 0.449. The Morgan fingerprint density at radius 3 is 2.35 bits per heavy atom. The Morgan fingerprint density at radius 1 is 1.12 bits per heavy atom. The first-order valence-electron chi connectivity index (χ1n) is 11.4. The van der Waals surface area contributed by atoms with E-state index < -0.39 is 27.4 Å². The van der Waals surface area contributed by atoms with Gasteiger partial charge in [0.05, 0.1) is 23.5 Å². The van der Waals surface area contributed by atoms with Crippen molar-refractivity contribution < 1.29 is 27.8 Å². The van der Waals surface area contributed by atoms with Crippen molar-refractivity contribution in [3.8, 4) is 5.75 Å². The van der Waals surface area contributed by atoms with Crippen LogP contribution in [0, 0.1) is 11.8 Å². The molecule has 0 heterocycles. The van der Waals surface area contributed by atoms with Gasteiger partial charge < -0.3 is 25.6 Å². The minimum absolute atomic E-state index is 0. The van der Waals surface area contributed by atoms with Crippen LogP contribution in [-0.2, 0) is 14.8 Å². The maximum atomic E-state index is 12.8. The number of hydrogen-bond acceptors (Lipinski definition) is 7. The zero-order valence-electron chi connectivity index (χ0n) is 20.8. The van der Waals surface area contributed by atoms with Crippen molar-refractivity contribution in [2.45, 2.75) is 57.9 Å². The fraction of sp³-hybridized carbons (Fsp3) is 0.696. The molecular weight excluding hydrogens is 482 g/mol. The minimum Gasteiger partial charge on any atom is -0.493 e. The zero-order chi connectivity index (χ0) is 25.0. The molecule has 0 aromatic heterocycles. The molecule has 5 N–H and O–H groups in total. The molecule has 1 aromatic carbocycles. The SMILES string of the molecule is COCCCOc1ccccc1C(=O)NCC(CC(N)C(O)CNS(=O)(=O)C(C)C)C(C)C.Cl. The number of halogens is 1. The Morgan fingerprint density at radius 2 is 1.76 bits per heavy atom. The molecule has 0 aliphatic heterocycles. The van der Waals surface area contributed by atoms with Crippen LogP contribution in [0.25, 0.3) is 0 Å². The van der Waals surface area contributed by atoms with Gasteiger partial charge in [-0.05, 0) is 44.2 Å². The second-order valence-electron chi connectivity index (χ2n) is 8.81. The topological polar surface area (TPSA) is 140 Å². The Labute approximate surface area is 210 Å². The minimum atomic E-state index is -3.48. The Bertz CT molecular complexity index is 823.